The Morgan fingerprint density at radius 1 is 1.09 bits per heavy atom. The van der Waals surface area contributed by atoms with Gasteiger partial charge in [-0.1, -0.05) is 17.3 Å². The summed E-state index contributed by atoms with van der Waals surface area (Å²) < 4.78 is 60.7. The smallest absolute Gasteiger partial charge is 0.465 e. The first-order valence-electron chi connectivity index (χ1n) is 14.1. The third-order valence-corrected chi connectivity index (χ3v) is 10.2. The molecule has 13 heteroatoms. The topological polar surface area (TPSA) is 86.9 Å². The van der Waals surface area contributed by atoms with E-state index in [-0.39, 0.29) is 48.0 Å². The zero-order valence-electron chi connectivity index (χ0n) is 23.1. The lowest BCUT2D eigenvalue weighted by Crippen LogP contribution is -2.45. The lowest BCUT2D eigenvalue weighted by Gasteiger charge is -2.38. The highest BCUT2D eigenvalue weighted by atomic mass is 32.1. The molecule has 1 saturated carbocycles. The normalized spacial score (nSPS) is 21.8. The van der Waals surface area contributed by atoms with Gasteiger partial charge in [0.1, 0.15) is 22.1 Å². The Hall–Kier alpha value is -3.42. The average molecular weight is 632 g/mol. The Morgan fingerprint density at radius 2 is 1.86 bits per heavy atom. The van der Waals surface area contributed by atoms with Crippen molar-refractivity contribution in [2.45, 2.75) is 75.6 Å². The van der Waals surface area contributed by atoms with Crippen LogP contribution in [0.5, 0.6) is 5.75 Å². The van der Waals surface area contributed by atoms with Gasteiger partial charge >= 0.3 is 12.3 Å². The standard InChI is InChI=1S/C30H28F3N3O5S2/c1-38-28(37)25-11-10-24(43-25)22-15-42-29(34-22)36-17-8-9-18(36)13-19(12-17)39-14-21-26(35-41-27(21)16-6-7-16)20-4-2-3-5-23(20)40-30(31,32)33/h2-5,10-11,15-19H,6-9,12-14H2,1H3/t17-,18+,19+. The number of thiophene rings is 1. The number of nitrogens with zero attached hydrogens (tertiary/aromatic N) is 3. The molecule has 43 heavy (non-hydrogen) atoms. The maximum absolute atomic E-state index is 13.1. The fourth-order valence-electron chi connectivity index (χ4n) is 6.17. The number of rotatable bonds is 9. The number of benzene rings is 1. The van der Waals surface area contributed by atoms with Crippen LogP contribution in [0.4, 0.5) is 18.3 Å². The molecule has 2 bridgehead atoms. The number of anilines is 1. The highest BCUT2D eigenvalue weighted by Gasteiger charge is 2.43. The minimum atomic E-state index is -4.82. The van der Waals surface area contributed by atoms with Crippen molar-refractivity contribution in [2.24, 2.45) is 0 Å². The molecule has 3 aliphatic rings. The van der Waals surface area contributed by atoms with Gasteiger partial charge in [-0.05, 0) is 62.8 Å². The van der Waals surface area contributed by atoms with Gasteiger partial charge in [0.05, 0.1) is 30.4 Å². The quantitative estimate of drug-likeness (QED) is 0.173. The summed E-state index contributed by atoms with van der Waals surface area (Å²) in [5, 5.41) is 7.19. The summed E-state index contributed by atoms with van der Waals surface area (Å²) in [6, 6.07) is 10.2. The van der Waals surface area contributed by atoms with Crippen molar-refractivity contribution in [3.05, 3.63) is 58.0 Å². The largest absolute Gasteiger partial charge is 0.573 e. The summed E-state index contributed by atoms with van der Waals surface area (Å²) in [4.78, 5) is 20.7. The molecule has 0 amide bonds. The van der Waals surface area contributed by atoms with Crippen LogP contribution in [0.15, 0.2) is 46.3 Å². The zero-order valence-corrected chi connectivity index (χ0v) is 24.8. The molecule has 3 atom stereocenters. The number of halogens is 3. The predicted molar refractivity (Wildman–Crippen MR) is 154 cm³/mol. The number of ether oxygens (including phenoxy) is 3. The predicted octanol–water partition coefficient (Wildman–Crippen LogP) is 7.81. The van der Waals surface area contributed by atoms with Gasteiger partial charge in [-0.3, -0.25) is 0 Å². The van der Waals surface area contributed by atoms with E-state index in [9.17, 15) is 18.0 Å². The van der Waals surface area contributed by atoms with Crippen LogP contribution in [0.2, 0.25) is 0 Å². The molecule has 0 N–H and O–H groups in total. The summed E-state index contributed by atoms with van der Waals surface area (Å²) in [6.45, 7) is 0.206. The van der Waals surface area contributed by atoms with Crippen LogP contribution < -0.4 is 9.64 Å². The van der Waals surface area contributed by atoms with E-state index in [0.717, 1.165) is 54.2 Å². The van der Waals surface area contributed by atoms with Gasteiger partial charge in [0.15, 0.2) is 5.13 Å². The minimum Gasteiger partial charge on any atom is -0.465 e. The SMILES string of the molecule is COC(=O)c1ccc(-c2csc(N3[C@@H]4CC[C@H]3C[C@@H](OCc3c(-c5ccccc5OC(F)(F)F)noc3C3CC3)C4)n2)s1. The van der Waals surface area contributed by atoms with Crippen molar-refractivity contribution in [1.29, 1.82) is 0 Å². The summed E-state index contributed by atoms with van der Waals surface area (Å²) in [5.74, 6) is 0.231. The molecule has 1 aromatic carbocycles. The number of hydrogen-bond acceptors (Lipinski definition) is 10. The molecule has 226 valence electrons. The van der Waals surface area contributed by atoms with Crippen molar-refractivity contribution in [3.8, 4) is 27.6 Å². The summed E-state index contributed by atoms with van der Waals surface area (Å²) in [6.07, 6.45) is 0.805. The van der Waals surface area contributed by atoms with Crippen LogP contribution in [0, 0.1) is 0 Å². The molecule has 4 aromatic rings. The number of carbonyl (C=O) groups is 1. The van der Waals surface area contributed by atoms with Crippen LogP contribution in [-0.2, 0) is 16.1 Å². The number of thiazole rings is 1. The highest BCUT2D eigenvalue weighted by Crippen LogP contribution is 2.47. The zero-order chi connectivity index (χ0) is 29.7. The second-order valence-corrected chi connectivity index (χ2v) is 13.0. The maximum Gasteiger partial charge on any atom is 0.573 e. The second-order valence-electron chi connectivity index (χ2n) is 11.1. The van der Waals surface area contributed by atoms with Gasteiger partial charge < -0.3 is 23.6 Å². The number of fused-ring (bicyclic) bond motifs is 2. The number of carbonyl (C=O) groups excluding carboxylic acids is 1. The van der Waals surface area contributed by atoms with Gasteiger partial charge in [0.2, 0.25) is 0 Å². The number of piperidine rings is 1. The molecule has 0 radical (unpaired) electrons. The molecular formula is C30H28F3N3O5S2. The van der Waals surface area contributed by atoms with Gasteiger partial charge in [0, 0.05) is 34.5 Å². The van der Waals surface area contributed by atoms with E-state index in [4.69, 9.17) is 19.0 Å². The van der Waals surface area contributed by atoms with Gasteiger partial charge in [-0.2, -0.15) is 0 Å². The van der Waals surface area contributed by atoms with Gasteiger partial charge in [-0.15, -0.1) is 35.8 Å². The van der Waals surface area contributed by atoms with E-state index in [0.29, 0.717) is 21.9 Å². The molecule has 3 aromatic heterocycles. The van der Waals surface area contributed by atoms with Crippen LogP contribution in [-0.4, -0.2) is 47.8 Å². The molecule has 3 fully saturated rings. The highest BCUT2D eigenvalue weighted by molar-refractivity contribution is 7.18. The molecule has 7 rings (SSSR count). The monoisotopic (exact) mass is 631 g/mol. The summed E-state index contributed by atoms with van der Waals surface area (Å²) >= 11 is 2.97. The number of aromatic nitrogens is 2. The maximum atomic E-state index is 13.1. The van der Waals surface area contributed by atoms with Crippen molar-refractivity contribution in [2.75, 3.05) is 12.0 Å². The summed E-state index contributed by atoms with van der Waals surface area (Å²) in [7, 11) is 1.37. The van der Waals surface area contributed by atoms with Gasteiger partial charge in [0.25, 0.3) is 0 Å². The van der Waals surface area contributed by atoms with E-state index >= 15 is 0 Å². The first kappa shape index (κ1) is 28.4. The first-order valence-corrected chi connectivity index (χ1v) is 15.8. The van der Waals surface area contributed by atoms with Crippen molar-refractivity contribution in [1.82, 2.24) is 10.1 Å². The van der Waals surface area contributed by atoms with Crippen LogP contribution in [0.3, 0.4) is 0 Å². The van der Waals surface area contributed by atoms with E-state index in [1.54, 1.807) is 29.5 Å². The van der Waals surface area contributed by atoms with Crippen molar-refractivity contribution >= 4 is 33.8 Å². The third-order valence-electron chi connectivity index (χ3n) is 8.25. The number of alkyl halides is 3. The molecule has 0 unspecified atom stereocenters. The van der Waals surface area contributed by atoms with E-state index in [1.807, 2.05) is 11.4 Å². The van der Waals surface area contributed by atoms with E-state index in [1.165, 1.54) is 30.6 Å². The second kappa shape index (κ2) is 11.3. The molecular weight excluding hydrogens is 603 g/mol. The van der Waals surface area contributed by atoms with Crippen LogP contribution in [0.25, 0.3) is 21.8 Å². The van der Waals surface area contributed by atoms with Gasteiger partial charge in [-0.25, -0.2) is 9.78 Å². The van der Waals surface area contributed by atoms with Crippen molar-refractivity contribution < 1.29 is 36.7 Å². The number of hydrogen-bond donors (Lipinski definition) is 0. The lowest BCUT2D eigenvalue weighted by molar-refractivity contribution is -0.274. The van der Waals surface area contributed by atoms with E-state index < -0.39 is 6.36 Å². The number of methoxy groups -OCH3 is 1. The van der Waals surface area contributed by atoms with Crippen LogP contribution in [0.1, 0.15) is 65.4 Å². The third kappa shape index (κ3) is 5.77. The Bertz CT molecular complexity index is 1610. The number of esters is 1. The Labute approximate surface area is 253 Å². The molecule has 5 heterocycles. The fraction of sp³-hybridized carbons (Fsp3) is 0.433. The first-order chi connectivity index (χ1) is 20.8. The minimum absolute atomic E-state index is 0.00966. The Kier molecular flexibility index (Phi) is 7.42. The van der Waals surface area contributed by atoms with Crippen LogP contribution >= 0.6 is 22.7 Å². The Morgan fingerprint density at radius 3 is 2.58 bits per heavy atom. The average Bonchev–Trinajstić information content (AvgIpc) is 3.31. The fourth-order valence-corrected chi connectivity index (χ4v) is 8.10. The molecule has 2 aliphatic heterocycles. The van der Waals surface area contributed by atoms with E-state index in [2.05, 4.69) is 14.8 Å². The van der Waals surface area contributed by atoms with Crippen molar-refractivity contribution in [3.63, 3.8) is 0 Å². The molecule has 8 nitrogen and oxygen atoms in total. The lowest BCUT2D eigenvalue weighted by atomic mass is 10.00. The molecule has 0 spiro atoms. The summed E-state index contributed by atoms with van der Waals surface area (Å²) in [5.41, 5.74) is 2.11. The number of para-hydroxylation sites is 1. The molecule has 1 aliphatic carbocycles. The molecule has 2 saturated heterocycles. The Balaban J connectivity index is 1.06.